The average Bonchev–Trinajstić information content (AvgIpc) is 2.39. The third-order valence-corrected chi connectivity index (χ3v) is 2.89. The molecule has 0 spiro atoms. The molecule has 1 aromatic carbocycles. The van der Waals surface area contributed by atoms with Crippen LogP contribution in [0, 0.1) is 0 Å². The molecule has 1 N–H and O–H groups in total. The number of benzene rings is 1. The molecule has 0 unspecified atom stereocenters. The molecule has 0 bridgehead atoms. The number of hydrogen-bond donors (Lipinski definition) is 1. The Balaban J connectivity index is 2.18. The largest absolute Gasteiger partial charge is 0.508 e. The summed E-state index contributed by atoms with van der Waals surface area (Å²) >= 11 is 0. The molecule has 18 heavy (non-hydrogen) atoms. The van der Waals surface area contributed by atoms with Gasteiger partial charge in [-0.1, -0.05) is 31.2 Å². The first-order valence-corrected chi connectivity index (χ1v) is 6.18. The molecule has 0 saturated heterocycles. The van der Waals surface area contributed by atoms with Gasteiger partial charge in [0.25, 0.3) is 0 Å². The predicted octanol–water partition coefficient (Wildman–Crippen LogP) is 3.22. The van der Waals surface area contributed by atoms with Crippen molar-refractivity contribution in [1.29, 1.82) is 0 Å². The molecule has 0 aliphatic rings. The zero-order valence-corrected chi connectivity index (χ0v) is 10.8. The van der Waals surface area contributed by atoms with Crippen molar-refractivity contribution in [3.8, 4) is 5.75 Å². The minimum absolute atomic E-state index is 0.323. The number of ether oxygens (including phenoxy) is 1. The monoisotopic (exact) mass is 248 g/mol. The van der Waals surface area contributed by atoms with E-state index >= 15 is 0 Å². The van der Waals surface area contributed by atoms with Crippen molar-refractivity contribution in [3.05, 3.63) is 42.0 Å². The Bertz CT molecular complexity index is 410. The highest BCUT2D eigenvalue weighted by Gasteiger charge is 2.05. The Morgan fingerprint density at radius 1 is 1.28 bits per heavy atom. The summed E-state index contributed by atoms with van der Waals surface area (Å²) in [6.07, 6.45) is 4.45. The van der Waals surface area contributed by atoms with Crippen molar-refractivity contribution >= 4 is 5.97 Å². The van der Waals surface area contributed by atoms with E-state index in [9.17, 15) is 9.90 Å². The third kappa shape index (κ3) is 4.62. The molecule has 0 radical (unpaired) electrons. The maximum Gasteiger partial charge on any atom is 0.333 e. The SMILES string of the molecule is C=C(CCCCCc1ccccc1O)C(=O)OC. The number of hydrogen-bond acceptors (Lipinski definition) is 3. The Morgan fingerprint density at radius 2 is 2.00 bits per heavy atom. The van der Waals surface area contributed by atoms with Gasteiger partial charge < -0.3 is 9.84 Å². The third-order valence-electron chi connectivity index (χ3n) is 2.89. The van der Waals surface area contributed by atoms with Gasteiger partial charge >= 0.3 is 5.97 Å². The Hall–Kier alpha value is -1.77. The number of methoxy groups -OCH3 is 1. The molecular formula is C15H20O3. The summed E-state index contributed by atoms with van der Waals surface area (Å²) in [5, 5.41) is 9.58. The predicted molar refractivity (Wildman–Crippen MR) is 71.4 cm³/mol. The van der Waals surface area contributed by atoms with Crippen LogP contribution in [0.2, 0.25) is 0 Å². The van der Waals surface area contributed by atoms with Crippen molar-refractivity contribution in [2.24, 2.45) is 0 Å². The second kappa shape index (κ2) is 7.54. The highest BCUT2D eigenvalue weighted by atomic mass is 16.5. The molecular weight excluding hydrogens is 228 g/mol. The van der Waals surface area contributed by atoms with Crippen LogP contribution in [0.1, 0.15) is 31.2 Å². The maximum absolute atomic E-state index is 11.1. The van der Waals surface area contributed by atoms with Crippen LogP contribution in [0.3, 0.4) is 0 Å². The van der Waals surface area contributed by atoms with Crippen molar-refractivity contribution in [3.63, 3.8) is 0 Å². The second-order valence-electron chi connectivity index (χ2n) is 4.28. The Morgan fingerprint density at radius 3 is 2.67 bits per heavy atom. The number of para-hydroxylation sites is 1. The lowest BCUT2D eigenvalue weighted by Crippen LogP contribution is -2.03. The van der Waals surface area contributed by atoms with E-state index in [1.807, 2.05) is 18.2 Å². The molecule has 0 heterocycles. The van der Waals surface area contributed by atoms with Gasteiger partial charge in [-0.2, -0.15) is 0 Å². The summed E-state index contributed by atoms with van der Waals surface area (Å²) in [7, 11) is 1.37. The van der Waals surface area contributed by atoms with Gasteiger partial charge in [-0.05, 0) is 37.3 Å². The summed E-state index contributed by atoms with van der Waals surface area (Å²) in [6.45, 7) is 3.68. The lowest BCUT2D eigenvalue weighted by molar-refractivity contribution is -0.136. The smallest absolute Gasteiger partial charge is 0.333 e. The first kappa shape index (κ1) is 14.3. The first-order valence-electron chi connectivity index (χ1n) is 6.18. The molecule has 3 nitrogen and oxygen atoms in total. The quantitative estimate of drug-likeness (QED) is 0.458. The van der Waals surface area contributed by atoms with Gasteiger partial charge in [0.05, 0.1) is 7.11 Å². The number of carbonyl (C=O) groups excluding carboxylic acids is 1. The normalized spacial score (nSPS) is 10.1. The van der Waals surface area contributed by atoms with E-state index in [2.05, 4.69) is 11.3 Å². The molecule has 98 valence electrons. The van der Waals surface area contributed by atoms with Gasteiger partial charge in [-0.25, -0.2) is 4.79 Å². The van der Waals surface area contributed by atoms with E-state index in [4.69, 9.17) is 0 Å². The molecule has 1 aromatic rings. The fraction of sp³-hybridized carbons (Fsp3) is 0.400. The van der Waals surface area contributed by atoms with Gasteiger partial charge in [0.1, 0.15) is 5.75 Å². The number of rotatable bonds is 7. The van der Waals surface area contributed by atoms with Gasteiger partial charge in [0, 0.05) is 5.57 Å². The average molecular weight is 248 g/mol. The van der Waals surface area contributed by atoms with Crippen LogP contribution in [0.4, 0.5) is 0 Å². The summed E-state index contributed by atoms with van der Waals surface area (Å²) < 4.78 is 4.58. The van der Waals surface area contributed by atoms with Crippen molar-refractivity contribution in [2.45, 2.75) is 32.1 Å². The summed E-state index contributed by atoms with van der Waals surface area (Å²) in [4.78, 5) is 11.1. The number of carbonyl (C=O) groups is 1. The Kier molecular flexibility index (Phi) is 5.98. The van der Waals surface area contributed by atoms with Crippen LogP contribution in [0.25, 0.3) is 0 Å². The van der Waals surface area contributed by atoms with E-state index in [1.54, 1.807) is 6.07 Å². The van der Waals surface area contributed by atoms with Crippen LogP contribution in [0.5, 0.6) is 5.75 Å². The van der Waals surface area contributed by atoms with E-state index in [0.717, 1.165) is 31.2 Å². The molecule has 0 aromatic heterocycles. The fourth-order valence-electron chi connectivity index (χ4n) is 1.80. The number of esters is 1. The maximum atomic E-state index is 11.1. The van der Waals surface area contributed by atoms with Crippen molar-refractivity contribution in [1.82, 2.24) is 0 Å². The number of phenolic OH excluding ortho intramolecular Hbond substituents is 1. The van der Waals surface area contributed by atoms with E-state index < -0.39 is 0 Å². The van der Waals surface area contributed by atoms with Gasteiger partial charge in [-0.15, -0.1) is 0 Å². The number of unbranched alkanes of at least 4 members (excludes halogenated alkanes) is 2. The molecule has 1 rings (SSSR count). The standard InChI is InChI=1S/C15H20O3/c1-12(15(17)18-2)8-4-3-5-9-13-10-6-7-11-14(13)16/h6-7,10-11,16H,1,3-5,8-9H2,2H3. The molecule has 0 amide bonds. The minimum Gasteiger partial charge on any atom is -0.508 e. The lowest BCUT2D eigenvalue weighted by atomic mass is 10.0. The number of aryl methyl sites for hydroxylation is 1. The van der Waals surface area contributed by atoms with Gasteiger partial charge in [0.2, 0.25) is 0 Å². The zero-order valence-electron chi connectivity index (χ0n) is 10.8. The van der Waals surface area contributed by atoms with Crippen LogP contribution in [-0.2, 0) is 16.0 Å². The van der Waals surface area contributed by atoms with Crippen LogP contribution in [-0.4, -0.2) is 18.2 Å². The van der Waals surface area contributed by atoms with Crippen LogP contribution in [0.15, 0.2) is 36.4 Å². The van der Waals surface area contributed by atoms with Crippen LogP contribution >= 0.6 is 0 Å². The molecule has 0 saturated carbocycles. The Labute approximate surface area is 108 Å². The highest BCUT2D eigenvalue weighted by Crippen LogP contribution is 2.19. The van der Waals surface area contributed by atoms with Crippen LogP contribution < -0.4 is 0 Å². The zero-order chi connectivity index (χ0) is 13.4. The van der Waals surface area contributed by atoms with Crippen molar-refractivity contribution in [2.75, 3.05) is 7.11 Å². The molecule has 0 aliphatic heterocycles. The minimum atomic E-state index is -0.323. The lowest BCUT2D eigenvalue weighted by Gasteiger charge is -2.05. The topological polar surface area (TPSA) is 46.5 Å². The molecule has 0 atom stereocenters. The highest BCUT2D eigenvalue weighted by molar-refractivity contribution is 5.87. The molecule has 0 fully saturated rings. The fourth-order valence-corrected chi connectivity index (χ4v) is 1.80. The van der Waals surface area contributed by atoms with Crippen molar-refractivity contribution < 1.29 is 14.6 Å². The summed E-state index contributed by atoms with van der Waals surface area (Å²) in [5.74, 6) is 0.0344. The van der Waals surface area contributed by atoms with Gasteiger partial charge in [-0.3, -0.25) is 0 Å². The second-order valence-corrected chi connectivity index (χ2v) is 4.28. The number of aromatic hydroxyl groups is 1. The molecule has 3 heteroatoms. The number of phenols is 1. The van der Waals surface area contributed by atoms with E-state index in [0.29, 0.717) is 17.7 Å². The molecule has 0 aliphatic carbocycles. The van der Waals surface area contributed by atoms with Gasteiger partial charge in [0.15, 0.2) is 0 Å². The van der Waals surface area contributed by atoms with E-state index in [-0.39, 0.29) is 5.97 Å². The van der Waals surface area contributed by atoms with E-state index in [1.165, 1.54) is 7.11 Å². The summed E-state index contributed by atoms with van der Waals surface area (Å²) in [5.41, 5.74) is 1.50. The summed E-state index contributed by atoms with van der Waals surface area (Å²) in [6, 6.07) is 7.38. The first-order chi connectivity index (χ1) is 8.65.